The van der Waals surface area contributed by atoms with Gasteiger partial charge in [0.15, 0.2) is 6.10 Å². The maximum absolute atomic E-state index is 12.9. The number of alkyl halides is 5. The smallest absolute Gasteiger partial charge is 0.389 e. The van der Waals surface area contributed by atoms with E-state index in [0.717, 1.165) is 32.1 Å². The third kappa shape index (κ3) is 4.02. The second kappa shape index (κ2) is 6.53. The molecule has 0 heterocycles. The van der Waals surface area contributed by atoms with Crippen molar-refractivity contribution < 1.29 is 32.2 Å². The summed E-state index contributed by atoms with van der Waals surface area (Å²) in [6.45, 7) is 0. The van der Waals surface area contributed by atoms with Gasteiger partial charge in [0.05, 0.1) is 0 Å². The lowest BCUT2D eigenvalue weighted by Gasteiger charge is -2.33. The lowest BCUT2D eigenvalue weighted by Crippen LogP contribution is -2.57. The second-order valence-corrected chi connectivity index (χ2v) is 5.46. The number of hydrogen-bond donors (Lipinski definition) is 3. The molecular weight excluding hydrogens is 285 g/mol. The van der Waals surface area contributed by atoms with Crippen LogP contribution in [0, 0.1) is 5.92 Å². The van der Waals surface area contributed by atoms with Crippen molar-refractivity contribution in [1.82, 2.24) is 0 Å². The van der Waals surface area contributed by atoms with Crippen molar-refractivity contribution in [2.24, 2.45) is 11.7 Å². The molecule has 0 saturated heterocycles. The SMILES string of the molecule is N[C@@H](CC1CCCCC1)[C@@H](O)C(O)C(F)(F)C(F)(F)F. The Morgan fingerprint density at radius 3 is 1.95 bits per heavy atom. The first kappa shape index (κ1) is 17.6. The van der Waals surface area contributed by atoms with Gasteiger partial charge < -0.3 is 15.9 Å². The lowest BCUT2D eigenvalue weighted by atomic mass is 9.83. The van der Waals surface area contributed by atoms with E-state index in [1.807, 2.05) is 0 Å². The molecule has 1 aliphatic rings. The molecule has 8 heteroatoms. The zero-order valence-electron chi connectivity index (χ0n) is 10.9. The van der Waals surface area contributed by atoms with Crippen molar-refractivity contribution in [3.05, 3.63) is 0 Å². The van der Waals surface area contributed by atoms with E-state index in [9.17, 15) is 27.1 Å². The highest BCUT2D eigenvalue weighted by atomic mass is 19.4. The van der Waals surface area contributed by atoms with Crippen LogP contribution in [0.4, 0.5) is 22.0 Å². The van der Waals surface area contributed by atoms with Gasteiger partial charge in [0.25, 0.3) is 0 Å². The van der Waals surface area contributed by atoms with E-state index in [1.165, 1.54) is 0 Å². The number of nitrogens with two attached hydrogens (primary N) is 1. The van der Waals surface area contributed by atoms with Crippen molar-refractivity contribution in [2.45, 2.75) is 68.9 Å². The fraction of sp³-hybridized carbons (Fsp3) is 1.00. The number of halogens is 5. The minimum Gasteiger partial charge on any atom is -0.389 e. The number of aliphatic hydroxyl groups excluding tert-OH is 2. The Labute approximate surface area is 114 Å². The predicted octanol–water partition coefficient (Wildman–Crippen LogP) is 2.20. The Kier molecular flexibility index (Phi) is 5.74. The van der Waals surface area contributed by atoms with Gasteiger partial charge in [-0.2, -0.15) is 22.0 Å². The first-order chi connectivity index (χ1) is 9.07. The number of aliphatic hydroxyl groups is 2. The molecule has 1 aliphatic carbocycles. The first-order valence-electron chi connectivity index (χ1n) is 6.63. The summed E-state index contributed by atoms with van der Waals surface area (Å²) in [7, 11) is 0. The Morgan fingerprint density at radius 2 is 1.50 bits per heavy atom. The standard InChI is InChI=1S/C12H20F5NO2/c13-11(14,12(15,16)17)10(20)9(19)8(18)6-7-4-2-1-3-5-7/h7-10,19-20H,1-6,18H2/t8-,9+,10?/m0/s1. The summed E-state index contributed by atoms with van der Waals surface area (Å²) in [6, 6.07) is -1.30. The van der Waals surface area contributed by atoms with Crippen LogP contribution in [0.5, 0.6) is 0 Å². The van der Waals surface area contributed by atoms with E-state index in [4.69, 9.17) is 10.8 Å². The van der Waals surface area contributed by atoms with Crippen LogP contribution in [0.3, 0.4) is 0 Å². The van der Waals surface area contributed by atoms with Crippen molar-refractivity contribution in [1.29, 1.82) is 0 Å². The molecule has 0 bridgehead atoms. The van der Waals surface area contributed by atoms with Crippen LogP contribution in [-0.4, -0.2) is 40.6 Å². The third-order valence-electron chi connectivity index (χ3n) is 3.84. The quantitative estimate of drug-likeness (QED) is 0.682. The largest absolute Gasteiger partial charge is 0.456 e. The van der Waals surface area contributed by atoms with E-state index >= 15 is 0 Å². The van der Waals surface area contributed by atoms with Crippen LogP contribution in [0.1, 0.15) is 38.5 Å². The van der Waals surface area contributed by atoms with E-state index < -0.39 is 30.3 Å². The number of rotatable bonds is 5. The average molecular weight is 305 g/mol. The molecule has 0 spiro atoms. The second-order valence-electron chi connectivity index (χ2n) is 5.46. The molecule has 0 aromatic heterocycles. The third-order valence-corrected chi connectivity index (χ3v) is 3.84. The van der Waals surface area contributed by atoms with Crippen LogP contribution in [0.25, 0.3) is 0 Å². The highest BCUT2D eigenvalue weighted by molar-refractivity contribution is 4.93. The molecule has 120 valence electrons. The van der Waals surface area contributed by atoms with E-state index in [2.05, 4.69) is 0 Å². The molecule has 3 atom stereocenters. The maximum Gasteiger partial charge on any atom is 0.456 e. The fourth-order valence-electron chi connectivity index (χ4n) is 2.56. The highest BCUT2D eigenvalue weighted by Gasteiger charge is 2.64. The molecule has 0 aromatic carbocycles. The van der Waals surface area contributed by atoms with Gasteiger partial charge in [-0.1, -0.05) is 32.1 Å². The fourth-order valence-corrected chi connectivity index (χ4v) is 2.56. The molecule has 1 rings (SSSR count). The van der Waals surface area contributed by atoms with Crippen LogP contribution in [0.2, 0.25) is 0 Å². The summed E-state index contributed by atoms with van der Waals surface area (Å²) in [5.74, 6) is -5.28. The van der Waals surface area contributed by atoms with E-state index in [1.54, 1.807) is 0 Å². The first-order valence-corrected chi connectivity index (χ1v) is 6.63. The zero-order valence-corrected chi connectivity index (χ0v) is 10.9. The van der Waals surface area contributed by atoms with Crippen molar-refractivity contribution in [3.8, 4) is 0 Å². The van der Waals surface area contributed by atoms with Crippen molar-refractivity contribution in [2.75, 3.05) is 0 Å². The van der Waals surface area contributed by atoms with Crippen LogP contribution < -0.4 is 5.73 Å². The summed E-state index contributed by atoms with van der Waals surface area (Å²) in [6.07, 6.45) is -6.76. The highest BCUT2D eigenvalue weighted by Crippen LogP contribution is 2.40. The average Bonchev–Trinajstić information content (AvgIpc) is 2.36. The molecule has 0 amide bonds. The maximum atomic E-state index is 12.9. The van der Waals surface area contributed by atoms with Crippen LogP contribution in [0.15, 0.2) is 0 Å². The summed E-state index contributed by atoms with van der Waals surface area (Å²) < 4.78 is 62.2. The summed E-state index contributed by atoms with van der Waals surface area (Å²) in [5, 5.41) is 18.5. The van der Waals surface area contributed by atoms with Gasteiger partial charge in [-0.25, -0.2) is 0 Å². The monoisotopic (exact) mass is 305 g/mol. The molecule has 4 N–H and O–H groups in total. The minimum absolute atomic E-state index is 0.0973. The molecule has 1 unspecified atom stereocenters. The minimum atomic E-state index is -5.92. The Bertz CT molecular complexity index is 305. The van der Waals surface area contributed by atoms with Crippen LogP contribution in [-0.2, 0) is 0 Å². The summed E-state index contributed by atoms with van der Waals surface area (Å²) in [4.78, 5) is 0. The Morgan fingerprint density at radius 1 is 1.00 bits per heavy atom. The molecule has 1 fully saturated rings. The van der Waals surface area contributed by atoms with Gasteiger partial charge in [-0.15, -0.1) is 0 Å². The van der Waals surface area contributed by atoms with Crippen molar-refractivity contribution in [3.63, 3.8) is 0 Å². The molecular formula is C12H20F5NO2. The number of hydrogen-bond acceptors (Lipinski definition) is 3. The van der Waals surface area contributed by atoms with Gasteiger partial charge in [0, 0.05) is 6.04 Å². The van der Waals surface area contributed by atoms with Crippen molar-refractivity contribution >= 4 is 0 Å². The summed E-state index contributed by atoms with van der Waals surface area (Å²) in [5.41, 5.74) is 5.48. The molecule has 0 aromatic rings. The normalized spacial score (nSPS) is 23.4. The van der Waals surface area contributed by atoms with Gasteiger partial charge >= 0.3 is 12.1 Å². The molecule has 0 aliphatic heterocycles. The molecule has 1 saturated carbocycles. The predicted molar refractivity (Wildman–Crippen MR) is 62.2 cm³/mol. The van der Waals surface area contributed by atoms with E-state index in [-0.39, 0.29) is 12.3 Å². The summed E-state index contributed by atoms with van der Waals surface area (Å²) >= 11 is 0. The van der Waals surface area contributed by atoms with Gasteiger partial charge in [0.2, 0.25) is 0 Å². The van der Waals surface area contributed by atoms with E-state index in [0.29, 0.717) is 0 Å². The van der Waals surface area contributed by atoms with Gasteiger partial charge in [0.1, 0.15) is 6.10 Å². The lowest BCUT2D eigenvalue weighted by molar-refractivity contribution is -0.324. The molecule has 20 heavy (non-hydrogen) atoms. The molecule has 3 nitrogen and oxygen atoms in total. The van der Waals surface area contributed by atoms with Gasteiger partial charge in [-0.3, -0.25) is 0 Å². The Balaban J connectivity index is 2.60. The zero-order chi connectivity index (χ0) is 15.6. The molecule has 0 radical (unpaired) electrons. The van der Waals surface area contributed by atoms with Gasteiger partial charge in [-0.05, 0) is 12.3 Å². The Hall–Kier alpha value is -0.470. The topological polar surface area (TPSA) is 66.5 Å². The van der Waals surface area contributed by atoms with Crippen LogP contribution >= 0.6 is 0 Å².